The molecule has 2 aromatic heterocycles. The third-order valence-corrected chi connectivity index (χ3v) is 5.98. The van der Waals surface area contributed by atoms with Crippen molar-refractivity contribution in [2.75, 3.05) is 0 Å². The van der Waals surface area contributed by atoms with Gasteiger partial charge < -0.3 is 15.5 Å². The molecule has 1 atom stereocenters. The van der Waals surface area contributed by atoms with E-state index in [1.54, 1.807) is 20.8 Å². The number of nitriles is 1. The first-order valence-corrected chi connectivity index (χ1v) is 10.6. The zero-order valence-electron chi connectivity index (χ0n) is 19.0. The highest BCUT2D eigenvalue weighted by molar-refractivity contribution is 5.63. The van der Waals surface area contributed by atoms with Crippen molar-refractivity contribution < 1.29 is 17.9 Å². The van der Waals surface area contributed by atoms with Gasteiger partial charge in [-0.2, -0.15) is 23.5 Å². The fourth-order valence-electron chi connectivity index (χ4n) is 4.53. The number of fused-ring (bicyclic) bond motifs is 1. The number of alkyl halides is 3. The van der Waals surface area contributed by atoms with E-state index < -0.39 is 23.1 Å². The molecule has 1 aromatic carbocycles. The minimum atomic E-state index is -4.68. The van der Waals surface area contributed by atoms with Gasteiger partial charge in [0.15, 0.2) is 0 Å². The number of nitrogens with zero attached hydrogens (tertiary/aromatic N) is 2. The summed E-state index contributed by atoms with van der Waals surface area (Å²) in [7, 11) is 0. The van der Waals surface area contributed by atoms with Crippen molar-refractivity contribution in [1.29, 1.82) is 5.26 Å². The Hall–Kier alpha value is -4.44. The average molecular weight is 479 g/mol. The number of aryl methyl sites for hydroxylation is 1. The summed E-state index contributed by atoms with van der Waals surface area (Å²) in [6, 6.07) is 8.27. The predicted molar refractivity (Wildman–Crippen MR) is 121 cm³/mol. The Labute approximate surface area is 198 Å². The number of aromatic amines is 2. The van der Waals surface area contributed by atoms with Crippen LogP contribution in [0.1, 0.15) is 47.4 Å². The van der Waals surface area contributed by atoms with Gasteiger partial charge in [0.1, 0.15) is 11.6 Å². The Morgan fingerprint density at radius 2 is 1.89 bits per heavy atom. The lowest BCUT2D eigenvalue weighted by molar-refractivity contribution is -0.137. The highest BCUT2D eigenvalue weighted by atomic mass is 19.4. The number of ether oxygens (including phenoxy) is 1. The number of benzene rings is 1. The third-order valence-electron chi connectivity index (χ3n) is 5.98. The van der Waals surface area contributed by atoms with Crippen molar-refractivity contribution in [3.8, 4) is 23.8 Å². The fourth-order valence-corrected chi connectivity index (χ4v) is 4.53. The SMILES string of the molecule is Cc1n[nH]c2c1C(c1cc(C#Cc3cc[nH]c(=O)c3)cc(C(F)(F)F)c1)(C(C)C)C(C#N)=C(N)O2. The van der Waals surface area contributed by atoms with Gasteiger partial charge in [-0.25, -0.2) is 5.10 Å². The second-order valence-corrected chi connectivity index (χ2v) is 8.42. The maximum absolute atomic E-state index is 14.0. The molecule has 1 unspecified atom stereocenters. The van der Waals surface area contributed by atoms with Crippen LogP contribution in [0.25, 0.3) is 0 Å². The monoisotopic (exact) mass is 479 g/mol. The van der Waals surface area contributed by atoms with Crippen molar-refractivity contribution >= 4 is 0 Å². The predicted octanol–water partition coefficient (Wildman–Crippen LogP) is 3.85. The van der Waals surface area contributed by atoms with Gasteiger partial charge in [-0.1, -0.05) is 25.7 Å². The van der Waals surface area contributed by atoms with Gasteiger partial charge >= 0.3 is 6.18 Å². The molecule has 10 heteroatoms. The molecule has 0 saturated carbocycles. The lowest BCUT2D eigenvalue weighted by Crippen LogP contribution is -2.41. The highest BCUT2D eigenvalue weighted by Crippen LogP contribution is 2.53. The number of H-pyrrole nitrogens is 2. The molecule has 0 aliphatic carbocycles. The number of allylic oxidation sites excluding steroid dienone is 1. The van der Waals surface area contributed by atoms with Crippen LogP contribution in [-0.2, 0) is 11.6 Å². The molecule has 4 rings (SSSR count). The Morgan fingerprint density at radius 3 is 2.51 bits per heavy atom. The smallest absolute Gasteiger partial charge is 0.416 e. The fraction of sp³-hybridized carbons (Fsp3) is 0.240. The third kappa shape index (κ3) is 3.93. The summed E-state index contributed by atoms with van der Waals surface area (Å²) in [5.74, 6) is 4.98. The summed E-state index contributed by atoms with van der Waals surface area (Å²) in [4.78, 5) is 14.0. The molecule has 35 heavy (non-hydrogen) atoms. The summed E-state index contributed by atoms with van der Waals surface area (Å²) in [6.07, 6.45) is -3.29. The van der Waals surface area contributed by atoms with Crippen molar-refractivity contribution in [2.45, 2.75) is 32.4 Å². The van der Waals surface area contributed by atoms with Crippen molar-refractivity contribution in [3.63, 3.8) is 0 Å². The van der Waals surface area contributed by atoms with Gasteiger partial charge in [-0.3, -0.25) is 4.79 Å². The number of halogens is 3. The highest BCUT2D eigenvalue weighted by Gasteiger charge is 2.51. The van der Waals surface area contributed by atoms with E-state index in [0.29, 0.717) is 16.8 Å². The molecule has 3 aromatic rings. The molecule has 0 spiro atoms. The van der Waals surface area contributed by atoms with Crippen LogP contribution in [0.5, 0.6) is 5.88 Å². The first-order chi connectivity index (χ1) is 16.5. The van der Waals surface area contributed by atoms with Gasteiger partial charge in [-0.15, -0.1) is 0 Å². The molecule has 7 nitrogen and oxygen atoms in total. The number of nitrogens with two attached hydrogens (primary N) is 1. The second-order valence-electron chi connectivity index (χ2n) is 8.42. The summed E-state index contributed by atoms with van der Waals surface area (Å²) in [5, 5.41) is 16.9. The van der Waals surface area contributed by atoms with E-state index in [-0.39, 0.29) is 34.0 Å². The average Bonchev–Trinajstić information content (AvgIpc) is 3.16. The maximum Gasteiger partial charge on any atom is 0.416 e. The van der Waals surface area contributed by atoms with E-state index in [9.17, 15) is 23.2 Å². The van der Waals surface area contributed by atoms with Crippen LogP contribution >= 0.6 is 0 Å². The van der Waals surface area contributed by atoms with Crippen LogP contribution in [0.3, 0.4) is 0 Å². The van der Waals surface area contributed by atoms with Crippen LogP contribution in [-0.4, -0.2) is 15.2 Å². The number of nitrogens with one attached hydrogen (secondary N) is 2. The quantitative estimate of drug-likeness (QED) is 0.482. The zero-order valence-corrected chi connectivity index (χ0v) is 19.0. The molecule has 0 radical (unpaired) electrons. The minimum absolute atomic E-state index is 0.0164. The van der Waals surface area contributed by atoms with Crippen LogP contribution in [0, 0.1) is 36.0 Å². The Kier molecular flexibility index (Phi) is 5.69. The normalized spacial score (nSPS) is 17.3. The van der Waals surface area contributed by atoms with E-state index in [0.717, 1.165) is 12.1 Å². The van der Waals surface area contributed by atoms with Gasteiger partial charge in [0.25, 0.3) is 0 Å². The van der Waals surface area contributed by atoms with E-state index in [1.165, 1.54) is 24.4 Å². The molecule has 1 aliphatic heterocycles. The van der Waals surface area contributed by atoms with Crippen molar-refractivity contribution in [1.82, 2.24) is 15.2 Å². The minimum Gasteiger partial charge on any atom is -0.422 e. The second kappa shape index (κ2) is 8.41. The molecular formula is C25H20F3N5O2. The first-order valence-electron chi connectivity index (χ1n) is 10.6. The zero-order chi connectivity index (χ0) is 25.5. The largest absolute Gasteiger partial charge is 0.422 e. The van der Waals surface area contributed by atoms with E-state index in [1.807, 2.05) is 0 Å². The molecule has 3 heterocycles. The lowest BCUT2D eigenvalue weighted by Gasteiger charge is -2.41. The maximum atomic E-state index is 14.0. The number of hydrogen-bond donors (Lipinski definition) is 3. The van der Waals surface area contributed by atoms with Gasteiger partial charge in [0.05, 0.1) is 22.2 Å². The van der Waals surface area contributed by atoms with E-state index in [4.69, 9.17) is 10.5 Å². The van der Waals surface area contributed by atoms with Crippen LogP contribution in [0.2, 0.25) is 0 Å². The molecule has 0 saturated heterocycles. The first kappa shape index (κ1) is 23.7. The Morgan fingerprint density at radius 1 is 1.17 bits per heavy atom. The summed E-state index contributed by atoms with van der Waals surface area (Å²) in [6.45, 7) is 5.25. The number of hydrogen-bond acceptors (Lipinski definition) is 5. The number of pyridine rings is 1. The van der Waals surface area contributed by atoms with E-state index in [2.05, 4.69) is 33.1 Å². The van der Waals surface area contributed by atoms with Crippen molar-refractivity contribution in [2.24, 2.45) is 11.7 Å². The lowest BCUT2D eigenvalue weighted by atomic mass is 9.61. The van der Waals surface area contributed by atoms with Crippen LogP contribution in [0.15, 0.2) is 52.8 Å². The van der Waals surface area contributed by atoms with Gasteiger partial charge in [0.2, 0.25) is 17.3 Å². The number of aromatic nitrogens is 3. The summed E-state index contributed by atoms with van der Waals surface area (Å²) < 4.78 is 47.5. The standard InChI is InChI=1S/C25H20F3N5O2/c1-13(2)24(19(12-29)22(30)35-23-21(24)14(3)32-33-23)17-8-16(9-18(11-17)25(26,27)28)5-4-15-6-7-31-20(34)10-15/h6-11,13H,30H2,1-3H3,(H,31,34)(H,32,33). The van der Waals surface area contributed by atoms with Crippen LogP contribution < -0.4 is 16.0 Å². The van der Waals surface area contributed by atoms with Crippen LogP contribution in [0.4, 0.5) is 13.2 Å². The molecule has 178 valence electrons. The van der Waals surface area contributed by atoms with Gasteiger partial charge in [0, 0.05) is 23.4 Å². The summed E-state index contributed by atoms with van der Waals surface area (Å²) in [5.41, 5.74) is 4.82. The van der Waals surface area contributed by atoms with E-state index >= 15 is 0 Å². The van der Waals surface area contributed by atoms with Gasteiger partial charge in [-0.05, 0) is 42.7 Å². The Balaban J connectivity index is 2.06. The Bertz CT molecular complexity index is 1510. The number of rotatable bonds is 2. The summed E-state index contributed by atoms with van der Waals surface area (Å²) >= 11 is 0. The topological polar surface area (TPSA) is 121 Å². The molecule has 4 N–H and O–H groups in total. The molecule has 0 amide bonds. The molecule has 0 fully saturated rings. The molecule has 0 bridgehead atoms. The molecular weight excluding hydrogens is 459 g/mol. The van der Waals surface area contributed by atoms with Crippen molar-refractivity contribution in [3.05, 3.63) is 91.8 Å². The molecule has 1 aliphatic rings.